The lowest BCUT2D eigenvalue weighted by Crippen LogP contribution is -2.17. The van der Waals surface area contributed by atoms with Gasteiger partial charge in [-0.3, -0.25) is 19.3 Å². The minimum atomic E-state index is -1.03. The molecule has 8 heteroatoms. The van der Waals surface area contributed by atoms with Crippen molar-refractivity contribution in [3.05, 3.63) is 50.5 Å². The van der Waals surface area contributed by atoms with E-state index in [0.717, 1.165) is 0 Å². The van der Waals surface area contributed by atoms with Crippen molar-refractivity contribution in [1.82, 2.24) is 9.55 Å². The van der Waals surface area contributed by atoms with E-state index in [0.29, 0.717) is 5.69 Å². The Bertz CT molecular complexity index is 834. The molecule has 0 saturated heterocycles. The highest BCUT2D eigenvalue weighted by molar-refractivity contribution is 7.71. The van der Waals surface area contributed by atoms with Gasteiger partial charge < -0.3 is 10.2 Å². The van der Waals surface area contributed by atoms with Crippen molar-refractivity contribution in [2.45, 2.75) is 0 Å². The van der Waals surface area contributed by atoms with Gasteiger partial charge in [0.15, 0.2) is 4.77 Å². The molecular formula is C13H11N3O4S. The number of benzene rings is 1. The number of carboxylic acid groups (broad SMARTS) is 1. The average Bonchev–Trinajstić information content (AvgIpc) is 2.45. The molecule has 0 radical (unpaired) electrons. The quantitative estimate of drug-likeness (QED) is 0.589. The zero-order valence-electron chi connectivity index (χ0n) is 10.9. The number of aromatic hydroxyl groups is 1. The topological polar surface area (TPSA) is 108 Å². The summed E-state index contributed by atoms with van der Waals surface area (Å²) in [6, 6.07) is 5.77. The number of aromatic nitrogens is 2. The minimum Gasteiger partial charge on any atom is -0.494 e. The van der Waals surface area contributed by atoms with Gasteiger partial charge in [-0.05, 0) is 36.5 Å². The zero-order valence-corrected chi connectivity index (χ0v) is 11.7. The highest BCUT2D eigenvalue weighted by atomic mass is 32.1. The number of H-pyrrole nitrogens is 1. The summed E-state index contributed by atoms with van der Waals surface area (Å²) in [5, 5.41) is 18.6. The molecule has 21 heavy (non-hydrogen) atoms. The summed E-state index contributed by atoms with van der Waals surface area (Å²) in [6.45, 7) is 0. The second kappa shape index (κ2) is 5.71. The molecule has 0 unspecified atom stereocenters. The highest BCUT2D eigenvalue weighted by Crippen LogP contribution is 2.15. The number of carboxylic acids is 1. The summed E-state index contributed by atoms with van der Waals surface area (Å²) in [5.74, 6) is -1.33. The lowest BCUT2D eigenvalue weighted by Gasteiger charge is -2.04. The van der Waals surface area contributed by atoms with E-state index in [1.165, 1.54) is 42.1 Å². The Hall–Kier alpha value is -2.74. The van der Waals surface area contributed by atoms with Crippen LogP contribution >= 0.6 is 12.2 Å². The Labute approximate surface area is 123 Å². The number of aliphatic imine (C=N–C) groups is 1. The molecule has 0 saturated carbocycles. The van der Waals surface area contributed by atoms with E-state index in [-0.39, 0.29) is 21.8 Å². The standard InChI is InChI=1S/C13H11N3O4S/c1-16-11(18)9(10(17)15-13(16)21)6-14-8-4-2-7(3-5-8)12(19)20/h2-6,18H,1H3,(H,19,20)(H,15,17,21). The van der Waals surface area contributed by atoms with Crippen LogP contribution in [-0.4, -0.2) is 31.9 Å². The molecule has 2 rings (SSSR count). The average molecular weight is 305 g/mol. The number of carbonyl (C=O) groups is 1. The molecule has 7 nitrogen and oxygen atoms in total. The van der Waals surface area contributed by atoms with Crippen LogP contribution in [0.15, 0.2) is 34.1 Å². The molecule has 0 bridgehead atoms. The number of nitrogens with zero attached hydrogens (tertiary/aromatic N) is 2. The first-order valence-electron chi connectivity index (χ1n) is 5.80. The van der Waals surface area contributed by atoms with E-state index in [2.05, 4.69) is 9.98 Å². The van der Waals surface area contributed by atoms with Crippen LogP contribution in [0.25, 0.3) is 0 Å². The monoisotopic (exact) mass is 305 g/mol. The highest BCUT2D eigenvalue weighted by Gasteiger charge is 2.08. The summed E-state index contributed by atoms with van der Waals surface area (Å²) in [4.78, 5) is 28.9. The van der Waals surface area contributed by atoms with E-state index < -0.39 is 11.5 Å². The Kier molecular flexibility index (Phi) is 3.99. The van der Waals surface area contributed by atoms with Crippen LogP contribution in [0, 0.1) is 4.77 Å². The first-order chi connectivity index (χ1) is 9.90. The second-order valence-corrected chi connectivity index (χ2v) is 4.55. The largest absolute Gasteiger partial charge is 0.494 e. The molecule has 0 atom stereocenters. The van der Waals surface area contributed by atoms with Crippen molar-refractivity contribution >= 4 is 30.1 Å². The molecule has 0 aliphatic carbocycles. The molecule has 0 aliphatic rings. The van der Waals surface area contributed by atoms with Gasteiger partial charge >= 0.3 is 5.97 Å². The van der Waals surface area contributed by atoms with Gasteiger partial charge in [0.1, 0.15) is 5.56 Å². The SMILES string of the molecule is Cn1c(O)c(C=Nc2ccc(C(=O)O)cc2)c(=O)[nH]c1=S. The summed E-state index contributed by atoms with van der Waals surface area (Å²) >= 11 is 4.85. The molecule has 1 aromatic heterocycles. The van der Waals surface area contributed by atoms with E-state index in [9.17, 15) is 14.7 Å². The predicted octanol–water partition coefficient (Wildman–Crippen LogP) is 1.60. The van der Waals surface area contributed by atoms with Gasteiger partial charge in [-0.15, -0.1) is 0 Å². The first kappa shape index (κ1) is 14.7. The predicted molar refractivity (Wildman–Crippen MR) is 79.2 cm³/mol. The molecule has 0 fully saturated rings. The maximum Gasteiger partial charge on any atom is 0.335 e. The normalized spacial score (nSPS) is 10.9. The van der Waals surface area contributed by atoms with Gasteiger partial charge in [-0.25, -0.2) is 4.79 Å². The van der Waals surface area contributed by atoms with E-state index in [1.54, 1.807) is 0 Å². The molecule has 0 amide bonds. The third kappa shape index (κ3) is 3.06. The Balaban J connectivity index is 2.38. The summed E-state index contributed by atoms with van der Waals surface area (Å²) in [5.41, 5.74) is -0.00433. The van der Waals surface area contributed by atoms with Gasteiger partial charge in [0.05, 0.1) is 11.3 Å². The van der Waals surface area contributed by atoms with Gasteiger partial charge in [0.25, 0.3) is 5.56 Å². The molecule has 2 aromatic rings. The lowest BCUT2D eigenvalue weighted by molar-refractivity contribution is 0.0697. The maximum atomic E-state index is 11.7. The van der Waals surface area contributed by atoms with Crippen LogP contribution < -0.4 is 5.56 Å². The number of nitrogens with one attached hydrogen (secondary N) is 1. The molecule has 0 aliphatic heterocycles. The van der Waals surface area contributed by atoms with Crippen LogP contribution in [0.2, 0.25) is 0 Å². The van der Waals surface area contributed by atoms with Gasteiger partial charge in [-0.2, -0.15) is 0 Å². The fourth-order valence-electron chi connectivity index (χ4n) is 1.57. The molecular weight excluding hydrogens is 294 g/mol. The van der Waals surface area contributed by atoms with Crippen LogP contribution in [0.3, 0.4) is 0 Å². The summed E-state index contributed by atoms with van der Waals surface area (Å²) < 4.78 is 1.34. The molecule has 0 spiro atoms. The number of aromatic carboxylic acids is 1. The molecule has 1 aromatic carbocycles. The minimum absolute atomic E-state index is 0.0339. The van der Waals surface area contributed by atoms with Crippen LogP contribution in [-0.2, 0) is 7.05 Å². The van der Waals surface area contributed by atoms with Crippen molar-refractivity contribution < 1.29 is 15.0 Å². The van der Waals surface area contributed by atoms with Crippen LogP contribution in [0.5, 0.6) is 5.88 Å². The smallest absolute Gasteiger partial charge is 0.335 e. The van der Waals surface area contributed by atoms with Crippen molar-refractivity contribution in [3.63, 3.8) is 0 Å². The van der Waals surface area contributed by atoms with Gasteiger partial charge in [0, 0.05) is 13.3 Å². The lowest BCUT2D eigenvalue weighted by atomic mass is 10.2. The number of hydrogen-bond acceptors (Lipinski definition) is 5. The second-order valence-electron chi connectivity index (χ2n) is 4.17. The number of rotatable bonds is 3. The van der Waals surface area contributed by atoms with Gasteiger partial charge in [0.2, 0.25) is 5.88 Å². The molecule has 108 valence electrons. The third-order valence-electron chi connectivity index (χ3n) is 2.79. The Morgan fingerprint density at radius 1 is 1.38 bits per heavy atom. The molecule has 1 heterocycles. The fourth-order valence-corrected chi connectivity index (χ4v) is 1.75. The van der Waals surface area contributed by atoms with Gasteiger partial charge in [-0.1, -0.05) is 0 Å². The third-order valence-corrected chi connectivity index (χ3v) is 3.16. The molecule has 3 N–H and O–H groups in total. The van der Waals surface area contributed by atoms with E-state index >= 15 is 0 Å². The van der Waals surface area contributed by atoms with Crippen molar-refractivity contribution in [2.75, 3.05) is 0 Å². The maximum absolute atomic E-state index is 11.7. The van der Waals surface area contributed by atoms with E-state index in [1.807, 2.05) is 0 Å². The van der Waals surface area contributed by atoms with E-state index in [4.69, 9.17) is 17.3 Å². The summed E-state index contributed by atoms with van der Waals surface area (Å²) in [6.07, 6.45) is 1.19. The Morgan fingerprint density at radius 2 is 2.00 bits per heavy atom. The fraction of sp³-hybridized carbons (Fsp3) is 0.0769. The summed E-state index contributed by atoms with van der Waals surface area (Å²) in [7, 11) is 1.51. The Morgan fingerprint density at radius 3 is 2.57 bits per heavy atom. The first-order valence-corrected chi connectivity index (χ1v) is 6.20. The zero-order chi connectivity index (χ0) is 15.6. The van der Waals surface area contributed by atoms with Crippen molar-refractivity contribution in [1.29, 1.82) is 0 Å². The van der Waals surface area contributed by atoms with Crippen molar-refractivity contribution in [3.8, 4) is 5.88 Å². The number of aromatic amines is 1. The van der Waals surface area contributed by atoms with Crippen molar-refractivity contribution in [2.24, 2.45) is 12.0 Å². The van der Waals surface area contributed by atoms with Crippen LogP contribution in [0.4, 0.5) is 5.69 Å². The van der Waals surface area contributed by atoms with Crippen LogP contribution in [0.1, 0.15) is 15.9 Å². The number of hydrogen-bond donors (Lipinski definition) is 3.